The molecule has 0 radical (unpaired) electrons. The smallest absolute Gasteiger partial charge is 0.326 e. The van der Waals surface area contributed by atoms with Gasteiger partial charge in [0.05, 0.1) is 10.6 Å². The number of rotatable bonds is 5. The van der Waals surface area contributed by atoms with E-state index < -0.39 is 21.9 Å². The lowest BCUT2D eigenvalue weighted by molar-refractivity contribution is -0.143. The van der Waals surface area contributed by atoms with Gasteiger partial charge in [-0.3, -0.25) is 0 Å². The second-order valence-electron chi connectivity index (χ2n) is 5.63. The standard InChI is InChI=1S/C17H15F3N4O2S/c18-17(19,20)16-10-15(13-8-6-12(11-21)7-9-13)22-24(16)23-27(25,26)14-4-2-1-3-5-14/h1-10,23H,11,21H2. The van der Waals surface area contributed by atoms with Crippen LogP contribution in [0.15, 0.2) is 65.6 Å². The Morgan fingerprint density at radius 1 is 1.04 bits per heavy atom. The van der Waals surface area contributed by atoms with Crippen LogP contribution in [0.3, 0.4) is 0 Å². The molecule has 3 rings (SSSR count). The van der Waals surface area contributed by atoms with E-state index in [1.54, 1.807) is 30.3 Å². The number of hydrogen-bond donors (Lipinski definition) is 2. The first-order chi connectivity index (χ1) is 12.7. The summed E-state index contributed by atoms with van der Waals surface area (Å²) in [5.74, 6) is 0. The van der Waals surface area contributed by atoms with Gasteiger partial charge in [-0.2, -0.15) is 36.3 Å². The van der Waals surface area contributed by atoms with Gasteiger partial charge in [0.1, 0.15) is 0 Å². The zero-order valence-corrected chi connectivity index (χ0v) is 14.6. The van der Waals surface area contributed by atoms with E-state index in [1.165, 1.54) is 24.3 Å². The number of sulfonamides is 1. The van der Waals surface area contributed by atoms with Gasteiger partial charge in [0.15, 0.2) is 5.69 Å². The molecule has 6 nitrogen and oxygen atoms in total. The predicted octanol–water partition coefficient (Wildman–Crippen LogP) is 2.96. The Labute approximate surface area is 153 Å². The molecule has 1 heterocycles. The van der Waals surface area contributed by atoms with Gasteiger partial charge in [0.2, 0.25) is 0 Å². The van der Waals surface area contributed by atoms with Gasteiger partial charge in [-0.05, 0) is 23.8 Å². The first kappa shape index (κ1) is 18.9. The molecule has 0 aliphatic heterocycles. The number of nitrogens with one attached hydrogen (secondary N) is 1. The number of nitrogens with two attached hydrogens (primary N) is 1. The van der Waals surface area contributed by atoms with Crippen molar-refractivity contribution in [2.75, 3.05) is 4.83 Å². The minimum absolute atomic E-state index is 0.0262. The van der Waals surface area contributed by atoms with Gasteiger partial charge in [-0.25, -0.2) is 0 Å². The van der Waals surface area contributed by atoms with Crippen LogP contribution >= 0.6 is 0 Å². The molecule has 3 N–H and O–H groups in total. The molecular weight excluding hydrogens is 381 g/mol. The van der Waals surface area contributed by atoms with E-state index in [4.69, 9.17) is 5.73 Å². The molecule has 0 bridgehead atoms. The van der Waals surface area contributed by atoms with Gasteiger partial charge in [0.25, 0.3) is 10.0 Å². The van der Waals surface area contributed by atoms with Gasteiger partial charge in [-0.1, -0.05) is 42.5 Å². The second-order valence-corrected chi connectivity index (χ2v) is 7.29. The van der Waals surface area contributed by atoms with E-state index in [2.05, 4.69) is 5.10 Å². The van der Waals surface area contributed by atoms with Crippen molar-refractivity contribution in [3.63, 3.8) is 0 Å². The summed E-state index contributed by atoms with van der Waals surface area (Å²) in [6.45, 7) is 0.291. The Morgan fingerprint density at radius 3 is 2.22 bits per heavy atom. The van der Waals surface area contributed by atoms with E-state index in [1.807, 2.05) is 4.83 Å². The molecule has 2 aromatic carbocycles. The van der Waals surface area contributed by atoms with Crippen molar-refractivity contribution >= 4 is 10.0 Å². The summed E-state index contributed by atoms with van der Waals surface area (Å²) < 4.78 is 64.8. The molecule has 142 valence electrons. The maximum Gasteiger partial charge on any atom is 0.435 e. The predicted molar refractivity (Wildman–Crippen MR) is 93.5 cm³/mol. The zero-order valence-electron chi connectivity index (χ0n) is 13.8. The highest BCUT2D eigenvalue weighted by Gasteiger charge is 2.37. The van der Waals surface area contributed by atoms with Gasteiger partial charge >= 0.3 is 6.18 Å². The average Bonchev–Trinajstić information content (AvgIpc) is 3.06. The Hall–Kier alpha value is -2.85. The minimum atomic E-state index is -4.80. The quantitative estimate of drug-likeness (QED) is 0.694. The summed E-state index contributed by atoms with van der Waals surface area (Å²) in [7, 11) is -4.24. The van der Waals surface area contributed by atoms with Crippen LogP contribution in [-0.4, -0.2) is 18.3 Å². The summed E-state index contributed by atoms with van der Waals surface area (Å²) in [6, 6.07) is 14.3. The third-order valence-corrected chi connectivity index (χ3v) is 5.05. The van der Waals surface area contributed by atoms with Crippen LogP contribution in [-0.2, 0) is 22.7 Å². The number of hydrogen-bond acceptors (Lipinski definition) is 4. The summed E-state index contributed by atoms with van der Waals surface area (Å²) >= 11 is 0. The third-order valence-electron chi connectivity index (χ3n) is 3.75. The lowest BCUT2D eigenvalue weighted by atomic mass is 10.1. The van der Waals surface area contributed by atoms with Crippen molar-refractivity contribution in [1.29, 1.82) is 0 Å². The number of nitrogens with zero attached hydrogens (tertiary/aromatic N) is 2. The summed E-state index contributed by atoms with van der Waals surface area (Å²) in [5, 5.41) is 3.79. The van der Waals surface area contributed by atoms with Crippen LogP contribution in [0.25, 0.3) is 11.3 Å². The molecular formula is C17H15F3N4O2S. The van der Waals surface area contributed by atoms with Crippen molar-refractivity contribution in [3.05, 3.63) is 71.9 Å². The lowest BCUT2D eigenvalue weighted by Crippen LogP contribution is -2.28. The Bertz CT molecular complexity index is 1030. The topological polar surface area (TPSA) is 90.0 Å². The van der Waals surface area contributed by atoms with Crippen molar-refractivity contribution < 1.29 is 21.6 Å². The highest BCUT2D eigenvalue weighted by atomic mass is 32.2. The lowest BCUT2D eigenvalue weighted by Gasteiger charge is -2.12. The van der Waals surface area contributed by atoms with Crippen molar-refractivity contribution in [3.8, 4) is 11.3 Å². The fourth-order valence-corrected chi connectivity index (χ4v) is 3.36. The molecule has 0 amide bonds. The number of halogens is 3. The molecule has 0 saturated heterocycles. The molecule has 0 spiro atoms. The highest BCUT2D eigenvalue weighted by molar-refractivity contribution is 7.92. The molecule has 0 aliphatic rings. The van der Waals surface area contributed by atoms with Crippen LogP contribution < -0.4 is 10.6 Å². The molecule has 0 atom stereocenters. The zero-order chi connectivity index (χ0) is 19.7. The summed E-state index contributed by atoms with van der Waals surface area (Å²) in [6.07, 6.45) is -4.80. The SMILES string of the molecule is NCc1ccc(-c2cc(C(F)(F)F)n(NS(=O)(=O)c3ccccc3)n2)cc1. The highest BCUT2D eigenvalue weighted by Crippen LogP contribution is 2.32. The number of benzene rings is 2. The fraction of sp³-hybridized carbons (Fsp3) is 0.118. The molecule has 1 aromatic heterocycles. The Morgan fingerprint density at radius 2 is 1.67 bits per heavy atom. The largest absolute Gasteiger partial charge is 0.435 e. The minimum Gasteiger partial charge on any atom is -0.326 e. The summed E-state index contributed by atoms with van der Waals surface area (Å²) in [5.41, 5.74) is 5.44. The van der Waals surface area contributed by atoms with Gasteiger partial charge < -0.3 is 5.73 Å². The van der Waals surface area contributed by atoms with Crippen LogP contribution in [0.1, 0.15) is 11.3 Å². The molecule has 27 heavy (non-hydrogen) atoms. The van der Waals surface area contributed by atoms with E-state index in [-0.39, 0.29) is 15.4 Å². The molecule has 0 saturated carbocycles. The maximum atomic E-state index is 13.4. The second kappa shape index (κ2) is 7.05. The summed E-state index contributed by atoms with van der Waals surface area (Å²) in [4.78, 5) is 1.91. The number of aromatic nitrogens is 2. The van der Waals surface area contributed by atoms with Crippen LogP contribution in [0.4, 0.5) is 13.2 Å². The molecule has 3 aromatic rings. The first-order valence-electron chi connectivity index (χ1n) is 7.75. The van der Waals surface area contributed by atoms with Gasteiger partial charge in [0, 0.05) is 12.1 Å². The van der Waals surface area contributed by atoms with Crippen LogP contribution in [0.2, 0.25) is 0 Å². The normalized spacial score (nSPS) is 12.1. The molecule has 10 heteroatoms. The molecule has 0 fully saturated rings. The first-order valence-corrected chi connectivity index (χ1v) is 9.23. The van der Waals surface area contributed by atoms with Crippen molar-refractivity contribution in [2.24, 2.45) is 5.73 Å². The van der Waals surface area contributed by atoms with Gasteiger partial charge in [-0.15, -0.1) is 0 Å². The Kier molecular flexibility index (Phi) is 4.94. The molecule has 0 unspecified atom stereocenters. The monoisotopic (exact) mass is 396 g/mol. The van der Waals surface area contributed by atoms with E-state index in [0.717, 1.165) is 11.6 Å². The average molecular weight is 396 g/mol. The van der Waals surface area contributed by atoms with Crippen molar-refractivity contribution in [2.45, 2.75) is 17.6 Å². The maximum absolute atomic E-state index is 13.4. The van der Waals surface area contributed by atoms with Crippen molar-refractivity contribution in [1.82, 2.24) is 9.89 Å². The van der Waals surface area contributed by atoms with Crippen LogP contribution in [0, 0.1) is 0 Å². The van der Waals surface area contributed by atoms with E-state index in [0.29, 0.717) is 12.1 Å². The molecule has 0 aliphatic carbocycles. The third kappa shape index (κ3) is 4.12. The van der Waals surface area contributed by atoms with E-state index in [9.17, 15) is 21.6 Å². The number of alkyl halides is 3. The van der Waals surface area contributed by atoms with E-state index >= 15 is 0 Å². The van der Waals surface area contributed by atoms with Crippen LogP contribution in [0.5, 0.6) is 0 Å². The fourth-order valence-electron chi connectivity index (χ4n) is 2.37. The Balaban J connectivity index is 2.02.